The van der Waals surface area contributed by atoms with Crippen LogP contribution >= 0.6 is 0 Å². The Hall–Kier alpha value is -1.92. The van der Waals surface area contributed by atoms with Gasteiger partial charge in [0.05, 0.1) is 5.52 Å². The summed E-state index contributed by atoms with van der Waals surface area (Å²) in [7, 11) is 0. The van der Waals surface area contributed by atoms with Gasteiger partial charge in [-0.05, 0) is 12.1 Å². The molecule has 0 saturated heterocycles. The quantitative estimate of drug-likeness (QED) is 0.826. The van der Waals surface area contributed by atoms with Crippen molar-refractivity contribution in [2.45, 2.75) is 6.18 Å². The van der Waals surface area contributed by atoms with E-state index < -0.39 is 18.5 Å². The van der Waals surface area contributed by atoms with Crippen molar-refractivity contribution in [2.75, 3.05) is 11.9 Å². The van der Waals surface area contributed by atoms with Gasteiger partial charge < -0.3 is 5.32 Å². The molecule has 0 atom stereocenters. The van der Waals surface area contributed by atoms with Crippen molar-refractivity contribution in [1.82, 2.24) is 9.97 Å². The average molecular weight is 245 g/mol. The summed E-state index contributed by atoms with van der Waals surface area (Å²) >= 11 is 0. The Labute approximate surface area is 93.5 Å². The summed E-state index contributed by atoms with van der Waals surface area (Å²) in [5.74, 6) is -0.467. The van der Waals surface area contributed by atoms with Gasteiger partial charge >= 0.3 is 6.18 Å². The van der Waals surface area contributed by atoms with Crippen molar-refractivity contribution in [3.05, 3.63) is 30.3 Å². The molecule has 0 fully saturated rings. The number of halogens is 4. The second-order valence-electron chi connectivity index (χ2n) is 3.35. The van der Waals surface area contributed by atoms with Crippen LogP contribution in [0.2, 0.25) is 0 Å². The van der Waals surface area contributed by atoms with Crippen LogP contribution in [0, 0.1) is 5.82 Å². The van der Waals surface area contributed by atoms with E-state index in [0.717, 1.165) is 18.5 Å². The summed E-state index contributed by atoms with van der Waals surface area (Å²) in [5, 5.41) is 2.49. The third-order valence-electron chi connectivity index (χ3n) is 2.05. The van der Waals surface area contributed by atoms with Crippen molar-refractivity contribution in [2.24, 2.45) is 0 Å². The van der Waals surface area contributed by atoms with Gasteiger partial charge in [-0.3, -0.25) is 0 Å². The Morgan fingerprint density at radius 2 is 1.94 bits per heavy atom. The summed E-state index contributed by atoms with van der Waals surface area (Å²) in [6.07, 6.45) is -3.25. The van der Waals surface area contributed by atoms with Crippen LogP contribution in [0.3, 0.4) is 0 Å². The maximum atomic E-state index is 12.9. The molecule has 0 aliphatic rings. The van der Waals surface area contributed by atoms with E-state index in [4.69, 9.17) is 0 Å². The molecular formula is C10H7F4N3. The van der Waals surface area contributed by atoms with Gasteiger partial charge in [-0.25, -0.2) is 14.4 Å². The number of aromatic nitrogens is 2. The minimum absolute atomic E-state index is 0.0346. The average Bonchev–Trinajstić information content (AvgIpc) is 2.24. The van der Waals surface area contributed by atoms with Crippen LogP contribution in [0.5, 0.6) is 0 Å². The third kappa shape index (κ3) is 2.80. The highest BCUT2D eigenvalue weighted by Gasteiger charge is 2.27. The van der Waals surface area contributed by atoms with Crippen molar-refractivity contribution in [3.8, 4) is 0 Å². The third-order valence-corrected chi connectivity index (χ3v) is 2.05. The highest BCUT2D eigenvalue weighted by molar-refractivity contribution is 5.88. The first-order chi connectivity index (χ1) is 7.96. The summed E-state index contributed by atoms with van der Waals surface area (Å²) in [6, 6.07) is 3.61. The van der Waals surface area contributed by atoms with Gasteiger partial charge in [0.25, 0.3) is 0 Å². The molecule has 0 amide bonds. The molecule has 2 aromatic rings. The van der Waals surface area contributed by atoms with E-state index >= 15 is 0 Å². The van der Waals surface area contributed by atoms with Gasteiger partial charge in [-0.15, -0.1) is 0 Å². The van der Waals surface area contributed by atoms with E-state index in [-0.39, 0.29) is 11.3 Å². The monoisotopic (exact) mass is 245 g/mol. The summed E-state index contributed by atoms with van der Waals surface area (Å²) < 4.78 is 49.0. The number of anilines is 1. The first-order valence-electron chi connectivity index (χ1n) is 4.66. The van der Waals surface area contributed by atoms with Crippen LogP contribution in [0.4, 0.5) is 23.4 Å². The topological polar surface area (TPSA) is 37.8 Å². The molecule has 17 heavy (non-hydrogen) atoms. The molecule has 0 aliphatic heterocycles. The van der Waals surface area contributed by atoms with Crippen LogP contribution in [0.15, 0.2) is 24.5 Å². The Bertz CT molecular complexity index is 539. The maximum Gasteiger partial charge on any atom is 0.405 e. The molecule has 7 heteroatoms. The van der Waals surface area contributed by atoms with Crippen molar-refractivity contribution in [1.29, 1.82) is 0 Å². The number of rotatable bonds is 2. The highest BCUT2D eigenvalue weighted by atomic mass is 19.4. The number of hydrogen-bond donors (Lipinski definition) is 1. The fourth-order valence-corrected chi connectivity index (χ4v) is 1.36. The molecule has 0 radical (unpaired) electrons. The molecular weight excluding hydrogens is 238 g/mol. The molecule has 3 nitrogen and oxygen atoms in total. The Morgan fingerprint density at radius 3 is 2.65 bits per heavy atom. The lowest BCUT2D eigenvalue weighted by molar-refractivity contribution is -0.115. The first-order valence-corrected chi connectivity index (χ1v) is 4.66. The minimum atomic E-state index is -4.34. The molecule has 0 bridgehead atoms. The van der Waals surface area contributed by atoms with Gasteiger partial charge in [0.1, 0.15) is 24.5 Å². The Balaban J connectivity index is 2.34. The molecule has 90 valence electrons. The number of nitrogens with zero attached hydrogens (tertiary/aromatic N) is 2. The molecule has 0 spiro atoms. The smallest absolute Gasteiger partial charge is 0.361 e. The number of benzene rings is 1. The molecule has 0 aliphatic carbocycles. The largest absolute Gasteiger partial charge is 0.405 e. The zero-order valence-electron chi connectivity index (χ0n) is 8.42. The van der Waals surface area contributed by atoms with Gasteiger partial charge in [0.15, 0.2) is 0 Å². The van der Waals surface area contributed by atoms with E-state index in [2.05, 4.69) is 15.3 Å². The van der Waals surface area contributed by atoms with Crippen LogP contribution in [0.1, 0.15) is 0 Å². The van der Waals surface area contributed by atoms with Crippen LogP contribution in [-0.2, 0) is 0 Å². The van der Waals surface area contributed by atoms with E-state index in [9.17, 15) is 17.6 Å². The highest BCUT2D eigenvalue weighted by Crippen LogP contribution is 2.22. The van der Waals surface area contributed by atoms with Crippen LogP contribution < -0.4 is 5.32 Å². The van der Waals surface area contributed by atoms with E-state index in [1.807, 2.05) is 0 Å². The fraction of sp³-hybridized carbons (Fsp3) is 0.200. The van der Waals surface area contributed by atoms with Crippen molar-refractivity contribution in [3.63, 3.8) is 0 Å². The van der Waals surface area contributed by atoms with Crippen molar-refractivity contribution >= 4 is 16.7 Å². The molecule has 1 N–H and O–H groups in total. The normalized spacial score (nSPS) is 11.8. The Morgan fingerprint density at radius 1 is 1.18 bits per heavy atom. The minimum Gasteiger partial charge on any atom is -0.361 e. The van der Waals surface area contributed by atoms with Gasteiger partial charge in [0, 0.05) is 11.5 Å². The zero-order valence-corrected chi connectivity index (χ0v) is 8.42. The molecule has 2 rings (SSSR count). The number of hydrogen-bond acceptors (Lipinski definition) is 3. The lowest BCUT2D eigenvalue weighted by atomic mass is 10.2. The Kier molecular flexibility index (Phi) is 2.83. The van der Waals surface area contributed by atoms with Crippen molar-refractivity contribution < 1.29 is 17.6 Å². The molecule has 1 aromatic carbocycles. The van der Waals surface area contributed by atoms with Crippen LogP contribution in [0.25, 0.3) is 10.9 Å². The van der Waals surface area contributed by atoms with E-state index in [1.165, 1.54) is 6.07 Å². The molecule has 1 heterocycles. The lowest BCUT2D eigenvalue weighted by Gasteiger charge is -2.10. The predicted octanol–water partition coefficient (Wildman–Crippen LogP) is 2.74. The second-order valence-corrected chi connectivity index (χ2v) is 3.35. The maximum absolute atomic E-state index is 12.9. The number of alkyl halides is 3. The van der Waals surface area contributed by atoms with E-state index in [1.54, 1.807) is 0 Å². The van der Waals surface area contributed by atoms with Crippen LogP contribution in [-0.4, -0.2) is 22.7 Å². The SMILES string of the molecule is Fc1ccc2c(NCC(F)(F)F)ncnc2c1. The van der Waals surface area contributed by atoms with Gasteiger partial charge in [-0.1, -0.05) is 0 Å². The zero-order chi connectivity index (χ0) is 12.5. The molecule has 1 aromatic heterocycles. The standard InChI is InChI=1S/C10H7F4N3/c11-6-1-2-7-8(3-6)16-5-17-9(7)15-4-10(12,13)14/h1-3,5H,4H2,(H,15,16,17). The second kappa shape index (κ2) is 4.15. The molecule has 0 unspecified atom stereocenters. The first kappa shape index (κ1) is 11.6. The fourth-order valence-electron chi connectivity index (χ4n) is 1.36. The summed E-state index contributed by atoms with van der Waals surface area (Å²) in [5.41, 5.74) is 0.254. The summed E-state index contributed by atoms with van der Waals surface area (Å²) in [6.45, 7) is -1.20. The molecule has 0 saturated carbocycles. The van der Waals surface area contributed by atoms with Gasteiger partial charge in [0.2, 0.25) is 0 Å². The summed E-state index contributed by atoms with van der Waals surface area (Å²) in [4.78, 5) is 7.47. The van der Waals surface area contributed by atoms with E-state index in [0.29, 0.717) is 5.39 Å². The number of nitrogens with one attached hydrogen (secondary N) is 1. The number of fused-ring (bicyclic) bond motifs is 1. The lowest BCUT2D eigenvalue weighted by Crippen LogP contribution is -2.21. The van der Waals surface area contributed by atoms with Gasteiger partial charge in [-0.2, -0.15) is 13.2 Å². The predicted molar refractivity (Wildman–Crippen MR) is 54.0 cm³/mol.